The van der Waals surface area contributed by atoms with Gasteiger partial charge in [-0.1, -0.05) is 11.6 Å². The second kappa shape index (κ2) is 7.73. The number of pyridine rings is 1. The molecule has 5 rings (SSSR count). The zero-order valence-corrected chi connectivity index (χ0v) is 19.6. The number of nitrogen functional groups attached to an aromatic ring is 1. The number of benzene rings is 1. The standard InChI is InChI=1S/C24H26ClFN6O/c1-13-7-9-32(30-13)14-6-8-24(10-14)12-29-22-19(24)20(25)16(11-28-22)15-4-5-17(27)18(21(15)26)23(33)31(2)3/h4-5,7,9,11,14H,6,8,10,12,27H2,1-3H3,(H,28,29)/t14-,24-/m0/s1. The van der Waals surface area contributed by atoms with Gasteiger partial charge in [0.05, 0.1) is 22.3 Å². The summed E-state index contributed by atoms with van der Waals surface area (Å²) in [5.74, 6) is -0.446. The SMILES string of the molecule is Cc1ccn([C@H]2CC[C@@]3(CNc4ncc(-c5ccc(N)c(C(=O)N(C)C)c5F)c(Cl)c43)C2)n1. The molecule has 0 unspecified atom stereocenters. The molecule has 2 atom stereocenters. The number of carbonyl (C=O) groups is 1. The summed E-state index contributed by atoms with van der Waals surface area (Å²) in [6, 6.07) is 5.38. The van der Waals surface area contributed by atoms with Crippen LogP contribution in [0, 0.1) is 12.7 Å². The zero-order chi connectivity index (χ0) is 23.5. The average Bonchev–Trinajstić information content (AvgIpc) is 3.49. The Morgan fingerprint density at radius 3 is 2.82 bits per heavy atom. The van der Waals surface area contributed by atoms with E-state index in [1.807, 2.05) is 23.9 Å². The largest absolute Gasteiger partial charge is 0.398 e. The summed E-state index contributed by atoms with van der Waals surface area (Å²) in [7, 11) is 3.12. The number of fused-ring (bicyclic) bond motifs is 2. The summed E-state index contributed by atoms with van der Waals surface area (Å²) >= 11 is 6.97. The van der Waals surface area contributed by atoms with Crippen LogP contribution in [0.1, 0.15) is 46.9 Å². The third-order valence-electron chi connectivity index (χ3n) is 6.92. The molecule has 172 valence electrons. The number of aryl methyl sites for hydroxylation is 1. The Bertz CT molecular complexity index is 1270. The summed E-state index contributed by atoms with van der Waals surface area (Å²) < 4.78 is 17.6. The van der Waals surface area contributed by atoms with Crippen molar-refractivity contribution >= 4 is 29.0 Å². The molecule has 1 aromatic carbocycles. The fourth-order valence-corrected chi connectivity index (χ4v) is 5.66. The number of hydrogen-bond acceptors (Lipinski definition) is 5. The Morgan fingerprint density at radius 2 is 2.12 bits per heavy atom. The number of nitrogens with zero attached hydrogens (tertiary/aromatic N) is 4. The highest BCUT2D eigenvalue weighted by molar-refractivity contribution is 6.34. The lowest BCUT2D eigenvalue weighted by Crippen LogP contribution is -2.26. The van der Waals surface area contributed by atoms with Gasteiger partial charge in [-0.15, -0.1) is 0 Å². The number of nitrogens with one attached hydrogen (secondary N) is 1. The van der Waals surface area contributed by atoms with Crippen molar-refractivity contribution in [2.45, 2.75) is 37.6 Å². The molecule has 1 aliphatic carbocycles. The highest BCUT2D eigenvalue weighted by atomic mass is 35.5. The first kappa shape index (κ1) is 21.7. The minimum atomic E-state index is -0.686. The van der Waals surface area contributed by atoms with Crippen molar-refractivity contribution in [3.8, 4) is 11.1 Å². The fourth-order valence-electron chi connectivity index (χ4n) is 5.22. The monoisotopic (exact) mass is 468 g/mol. The normalized spacial score (nSPS) is 21.3. The fraction of sp³-hybridized carbons (Fsp3) is 0.375. The number of hydrogen-bond donors (Lipinski definition) is 2. The average molecular weight is 469 g/mol. The van der Waals surface area contributed by atoms with Gasteiger partial charge in [0.25, 0.3) is 5.91 Å². The van der Waals surface area contributed by atoms with Crippen molar-refractivity contribution in [2.24, 2.45) is 0 Å². The van der Waals surface area contributed by atoms with Crippen LogP contribution < -0.4 is 11.1 Å². The number of halogens is 2. The number of aromatic nitrogens is 3. The van der Waals surface area contributed by atoms with Crippen molar-refractivity contribution in [3.05, 3.63) is 58.3 Å². The van der Waals surface area contributed by atoms with Gasteiger partial charge in [-0.25, -0.2) is 9.37 Å². The Hall–Kier alpha value is -3.13. The number of nitrogens with two attached hydrogens (primary N) is 1. The van der Waals surface area contributed by atoms with Crippen LogP contribution >= 0.6 is 11.6 Å². The molecule has 9 heteroatoms. The first-order valence-corrected chi connectivity index (χ1v) is 11.3. The van der Waals surface area contributed by atoms with Gasteiger partial charge >= 0.3 is 0 Å². The van der Waals surface area contributed by atoms with Gasteiger partial charge in [0, 0.05) is 60.8 Å². The van der Waals surface area contributed by atoms with E-state index in [9.17, 15) is 4.79 Å². The summed E-state index contributed by atoms with van der Waals surface area (Å²) in [6.07, 6.45) is 6.35. The van der Waals surface area contributed by atoms with Crippen LogP contribution in [0.2, 0.25) is 5.02 Å². The zero-order valence-electron chi connectivity index (χ0n) is 18.8. The molecule has 7 nitrogen and oxygen atoms in total. The molecule has 1 amide bonds. The van der Waals surface area contributed by atoms with E-state index < -0.39 is 11.7 Å². The van der Waals surface area contributed by atoms with Crippen molar-refractivity contribution in [1.82, 2.24) is 19.7 Å². The molecule has 2 aliphatic rings. The highest BCUT2D eigenvalue weighted by Gasteiger charge is 2.48. The third kappa shape index (κ3) is 3.35. The van der Waals surface area contributed by atoms with Crippen LogP contribution in [0.25, 0.3) is 11.1 Å². The van der Waals surface area contributed by atoms with Crippen molar-refractivity contribution in [2.75, 3.05) is 31.7 Å². The molecule has 0 bridgehead atoms. The topological polar surface area (TPSA) is 89.1 Å². The Labute approximate surface area is 196 Å². The maximum Gasteiger partial charge on any atom is 0.258 e. The van der Waals surface area contributed by atoms with Gasteiger partial charge in [0.1, 0.15) is 11.6 Å². The maximum atomic E-state index is 15.6. The van der Waals surface area contributed by atoms with E-state index in [1.54, 1.807) is 32.4 Å². The minimum absolute atomic E-state index is 0.0893. The molecule has 1 fully saturated rings. The molecule has 1 aliphatic heterocycles. The summed E-state index contributed by atoms with van der Waals surface area (Å²) in [5, 5.41) is 8.47. The lowest BCUT2D eigenvalue weighted by atomic mass is 9.80. The minimum Gasteiger partial charge on any atom is -0.398 e. The highest BCUT2D eigenvalue weighted by Crippen LogP contribution is 2.54. The lowest BCUT2D eigenvalue weighted by Gasteiger charge is -2.25. The molecule has 3 aromatic rings. The van der Waals surface area contributed by atoms with E-state index in [-0.39, 0.29) is 28.3 Å². The molecule has 3 N–H and O–H groups in total. The molecule has 2 aromatic heterocycles. The van der Waals surface area contributed by atoms with E-state index in [0.29, 0.717) is 10.6 Å². The first-order valence-electron chi connectivity index (χ1n) is 11.0. The smallest absolute Gasteiger partial charge is 0.258 e. The van der Waals surface area contributed by atoms with Crippen LogP contribution in [0.3, 0.4) is 0 Å². The Kier molecular flexibility index (Phi) is 5.08. The predicted octanol–water partition coefficient (Wildman–Crippen LogP) is 4.42. The predicted molar refractivity (Wildman–Crippen MR) is 127 cm³/mol. The molecule has 1 saturated carbocycles. The van der Waals surface area contributed by atoms with E-state index in [4.69, 9.17) is 17.3 Å². The van der Waals surface area contributed by atoms with Gasteiger partial charge in [-0.3, -0.25) is 9.48 Å². The molecule has 1 spiro atoms. The van der Waals surface area contributed by atoms with Gasteiger partial charge in [-0.2, -0.15) is 5.10 Å². The van der Waals surface area contributed by atoms with Crippen LogP contribution in [0.15, 0.2) is 30.6 Å². The molecule has 33 heavy (non-hydrogen) atoms. The van der Waals surface area contributed by atoms with Crippen LogP contribution in [0.5, 0.6) is 0 Å². The van der Waals surface area contributed by atoms with E-state index in [2.05, 4.69) is 15.4 Å². The first-order chi connectivity index (χ1) is 15.7. The van der Waals surface area contributed by atoms with Crippen LogP contribution in [0.4, 0.5) is 15.9 Å². The number of anilines is 2. The Morgan fingerprint density at radius 1 is 1.33 bits per heavy atom. The van der Waals surface area contributed by atoms with Gasteiger partial charge in [-0.05, 0) is 44.4 Å². The number of carbonyl (C=O) groups excluding carboxylic acids is 1. The molecule has 3 heterocycles. The Balaban J connectivity index is 1.58. The van der Waals surface area contributed by atoms with E-state index in [0.717, 1.165) is 42.9 Å². The molecular weight excluding hydrogens is 443 g/mol. The summed E-state index contributed by atoms with van der Waals surface area (Å²) in [4.78, 5) is 18.4. The van der Waals surface area contributed by atoms with E-state index in [1.165, 1.54) is 4.90 Å². The van der Waals surface area contributed by atoms with Crippen LogP contribution in [-0.2, 0) is 5.41 Å². The lowest BCUT2D eigenvalue weighted by molar-refractivity contribution is 0.0824. The third-order valence-corrected chi connectivity index (χ3v) is 7.32. The van der Waals surface area contributed by atoms with Crippen LogP contribution in [-0.4, -0.2) is 46.2 Å². The maximum absolute atomic E-state index is 15.6. The summed E-state index contributed by atoms with van der Waals surface area (Å²) in [6.45, 7) is 2.71. The van der Waals surface area contributed by atoms with Gasteiger partial charge < -0.3 is 16.0 Å². The summed E-state index contributed by atoms with van der Waals surface area (Å²) in [5.41, 5.74) is 8.27. The second-order valence-electron chi connectivity index (χ2n) is 9.27. The molecule has 0 radical (unpaired) electrons. The van der Waals surface area contributed by atoms with Crippen molar-refractivity contribution in [1.29, 1.82) is 0 Å². The van der Waals surface area contributed by atoms with Crippen molar-refractivity contribution < 1.29 is 9.18 Å². The molecule has 0 saturated heterocycles. The number of amides is 1. The second-order valence-corrected chi connectivity index (χ2v) is 9.65. The molecular formula is C24H26ClFN6O. The van der Waals surface area contributed by atoms with E-state index >= 15 is 4.39 Å². The van der Waals surface area contributed by atoms with Gasteiger partial charge in [0.2, 0.25) is 0 Å². The number of rotatable bonds is 3. The quantitative estimate of drug-likeness (QED) is 0.555. The van der Waals surface area contributed by atoms with Gasteiger partial charge in [0.15, 0.2) is 0 Å². The van der Waals surface area contributed by atoms with Crippen molar-refractivity contribution in [3.63, 3.8) is 0 Å².